The van der Waals surface area contributed by atoms with Crippen molar-refractivity contribution in [2.24, 2.45) is 0 Å². The average Bonchev–Trinajstić information content (AvgIpc) is 2.71. The molecule has 2 atom stereocenters. The van der Waals surface area contributed by atoms with Crippen molar-refractivity contribution in [2.75, 3.05) is 5.75 Å². The molecule has 0 saturated heterocycles. The minimum atomic E-state index is -3.11. The lowest BCUT2D eigenvalue weighted by molar-refractivity contribution is -0.385. The van der Waals surface area contributed by atoms with Gasteiger partial charge in [0.2, 0.25) is 0 Å². The molecular weight excluding hydrogens is 310 g/mol. The number of rotatable bonds is 3. The number of thioether (sulfide) groups is 1. The van der Waals surface area contributed by atoms with Crippen LogP contribution in [0.1, 0.15) is 10.8 Å². The van der Waals surface area contributed by atoms with Crippen LogP contribution in [0.3, 0.4) is 0 Å². The molecule has 1 aliphatic heterocycles. The Balaban J connectivity index is 1.99. The second-order valence-corrected chi connectivity index (χ2v) is 8.04. The summed E-state index contributed by atoms with van der Waals surface area (Å²) < 4.78 is 22.3. The highest BCUT2D eigenvalue weighted by atomic mass is 32.3. The number of nitrogens with zero attached hydrogens (tertiary/aromatic N) is 1. The standard InChI is InChI=1S/C14H13NO4S2/c16-15(17)10-6-7-14-12(8-10)13(9-21(14,18)19)20-11-4-2-1-3-5-11/h1-8,13,18-19H,9H2/p-1. The SMILES string of the molecule is O=[N+]([O-])c1ccc2c(c1)C(Sc1ccccc1)CS2([O-])O. The Morgan fingerprint density at radius 1 is 1.24 bits per heavy atom. The molecule has 0 aromatic heterocycles. The third-order valence-corrected chi connectivity index (χ3v) is 6.60. The Hall–Kier alpha value is -1.54. The third kappa shape index (κ3) is 2.77. The van der Waals surface area contributed by atoms with Gasteiger partial charge < -0.3 is 19.7 Å². The van der Waals surface area contributed by atoms with E-state index in [0.29, 0.717) is 10.5 Å². The lowest BCUT2D eigenvalue weighted by atomic mass is 10.1. The van der Waals surface area contributed by atoms with Gasteiger partial charge in [-0.15, -0.1) is 11.8 Å². The van der Waals surface area contributed by atoms with E-state index in [1.165, 1.54) is 30.0 Å². The summed E-state index contributed by atoms with van der Waals surface area (Å²) in [6.45, 7) is 0. The van der Waals surface area contributed by atoms with E-state index in [9.17, 15) is 19.2 Å². The van der Waals surface area contributed by atoms with Gasteiger partial charge >= 0.3 is 0 Å². The number of hydrogen-bond donors (Lipinski definition) is 1. The molecule has 0 spiro atoms. The van der Waals surface area contributed by atoms with Crippen molar-refractivity contribution < 1.29 is 14.0 Å². The van der Waals surface area contributed by atoms with E-state index in [1.54, 1.807) is 0 Å². The van der Waals surface area contributed by atoms with E-state index in [4.69, 9.17) is 0 Å². The van der Waals surface area contributed by atoms with Crippen molar-refractivity contribution in [3.05, 3.63) is 64.2 Å². The Bertz CT molecular complexity index is 691. The number of hydrogen-bond acceptors (Lipinski definition) is 5. The molecule has 21 heavy (non-hydrogen) atoms. The van der Waals surface area contributed by atoms with Crippen LogP contribution in [0.15, 0.2) is 58.3 Å². The van der Waals surface area contributed by atoms with Crippen LogP contribution in [0.25, 0.3) is 0 Å². The molecule has 0 bridgehead atoms. The van der Waals surface area contributed by atoms with Crippen molar-refractivity contribution in [3.63, 3.8) is 0 Å². The molecule has 5 nitrogen and oxygen atoms in total. The smallest absolute Gasteiger partial charge is 0.269 e. The topological polar surface area (TPSA) is 86.4 Å². The molecule has 0 fully saturated rings. The maximum atomic E-state index is 12.3. The predicted octanol–water partition coefficient (Wildman–Crippen LogP) is 4.21. The monoisotopic (exact) mass is 322 g/mol. The first-order valence-electron chi connectivity index (χ1n) is 6.22. The van der Waals surface area contributed by atoms with Gasteiger partial charge in [0.15, 0.2) is 0 Å². The molecule has 3 rings (SSSR count). The Morgan fingerprint density at radius 3 is 2.62 bits per heavy atom. The van der Waals surface area contributed by atoms with Gasteiger partial charge in [-0.25, -0.2) is 0 Å². The average molecular weight is 322 g/mol. The summed E-state index contributed by atoms with van der Waals surface area (Å²) in [5.41, 5.74) is 0.537. The van der Waals surface area contributed by atoms with Crippen molar-refractivity contribution in [3.8, 4) is 0 Å². The van der Waals surface area contributed by atoms with Crippen LogP contribution >= 0.6 is 22.4 Å². The number of non-ortho nitro benzene ring substituents is 1. The molecule has 1 N–H and O–H groups in total. The van der Waals surface area contributed by atoms with Gasteiger partial charge in [0.1, 0.15) is 0 Å². The Labute approximate surface area is 127 Å². The van der Waals surface area contributed by atoms with Gasteiger partial charge in [0.25, 0.3) is 5.69 Å². The highest BCUT2D eigenvalue weighted by Gasteiger charge is 2.32. The van der Waals surface area contributed by atoms with Crippen LogP contribution < -0.4 is 0 Å². The van der Waals surface area contributed by atoms with Gasteiger partial charge in [0, 0.05) is 27.7 Å². The number of fused-ring (bicyclic) bond motifs is 1. The van der Waals surface area contributed by atoms with Crippen LogP contribution in [0, 0.1) is 10.1 Å². The maximum Gasteiger partial charge on any atom is 0.269 e. The zero-order valence-corrected chi connectivity index (χ0v) is 12.5. The van der Waals surface area contributed by atoms with Crippen LogP contribution in [0.4, 0.5) is 5.69 Å². The largest absolute Gasteiger partial charge is 0.764 e. The van der Waals surface area contributed by atoms with Crippen molar-refractivity contribution in [1.82, 2.24) is 0 Å². The molecule has 2 aromatic carbocycles. The van der Waals surface area contributed by atoms with Gasteiger partial charge in [-0.05, 0) is 23.8 Å². The molecule has 7 heteroatoms. The number of nitro benzene ring substituents is 1. The first-order valence-corrected chi connectivity index (χ1v) is 8.78. The molecule has 1 heterocycles. The molecular formula is C14H12NO4S2-. The summed E-state index contributed by atoms with van der Waals surface area (Å²) in [6, 6.07) is 13.6. The quantitative estimate of drug-likeness (QED) is 0.675. The fourth-order valence-electron chi connectivity index (χ4n) is 2.34. The van der Waals surface area contributed by atoms with E-state index in [0.717, 1.165) is 4.90 Å². The molecule has 2 unspecified atom stereocenters. The summed E-state index contributed by atoms with van der Waals surface area (Å²) in [4.78, 5) is 11.7. The fourth-order valence-corrected chi connectivity index (χ4v) is 5.82. The minimum absolute atomic E-state index is 0.0514. The summed E-state index contributed by atoms with van der Waals surface area (Å²) in [6.07, 6.45) is 0. The zero-order valence-electron chi connectivity index (χ0n) is 10.8. The summed E-state index contributed by atoms with van der Waals surface area (Å²) in [5, 5.41) is 10.6. The van der Waals surface area contributed by atoms with Crippen LogP contribution in [-0.4, -0.2) is 19.8 Å². The number of nitro groups is 1. The first kappa shape index (κ1) is 14.4. The predicted molar refractivity (Wildman–Crippen MR) is 82.3 cm³/mol. The fraction of sp³-hybridized carbons (Fsp3) is 0.143. The molecule has 0 aliphatic carbocycles. The van der Waals surface area contributed by atoms with Crippen LogP contribution in [-0.2, 0) is 0 Å². The molecule has 1 aliphatic rings. The van der Waals surface area contributed by atoms with Crippen molar-refractivity contribution >= 4 is 28.0 Å². The van der Waals surface area contributed by atoms with E-state index in [1.807, 2.05) is 30.3 Å². The van der Waals surface area contributed by atoms with E-state index < -0.39 is 15.5 Å². The normalized spacial score (nSPS) is 26.9. The van der Waals surface area contributed by atoms with Crippen molar-refractivity contribution in [2.45, 2.75) is 15.0 Å². The Morgan fingerprint density at radius 2 is 1.95 bits per heavy atom. The lowest BCUT2D eigenvalue weighted by Crippen LogP contribution is -1.99. The molecule has 0 radical (unpaired) electrons. The molecule has 0 saturated carbocycles. The van der Waals surface area contributed by atoms with E-state index >= 15 is 0 Å². The van der Waals surface area contributed by atoms with Gasteiger partial charge in [-0.3, -0.25) is 10.1 Å². The first-order chi connectivity index (χ1) is 9.97. The summed E-state index contributed by atoms with van der Waals surface area (Å²) in [7, 11) is -3.11. The maximum absolute atomic E-state index is 12.3. The molecule has 110 valence electrons. The van der Waals surface area contributed by atoms with Gasteiger partial charge in [-0.1, -0.05) is 18.2 Å². The highest BCUT2D eigenvalue weighted by molar-refractivity contribution is 8.25. The lowest BCUT2D eigenvalue weighted by Gasteiger charge is -2.42. The molecule has 2 aromatic rings. The van der Waals surface area contributed by atoms with E-state index in [-0.39, 0.29) is 16.7 Å². The van der Waals surface area contributed by atoms with E-state index in [2.05, 4.69) is 0 Å². The van der Waals surface area contributed by atoms with Gasteiger partial charge in [-0.2, -0.15) is 0 Å². The second-order valence-electron chi connectivity index (χ2n) is 4.71. The Kier molecular flexibility index (Phi) is 3.66. The minimum Gasteiger partial charge on any atom is -0.764 e. The third-order valence-electron chi connectivity index (χ3n) is 3.29. The number of benzene rings is 2. The second kappa shape index (κ2) is 5.34. The zero-order chi connectivity index (χ0) is 15.0. The van der Waals surface area contributed by atoms with Crippen molar-refractivity contribution in [1.29, 1.82) is 0 Å². The van der Waals surface area contributed by atoms with Crippen LogP contribution in [0.2, 0.25) is 0 Å². The highest BCUT2D eigenvalue weighted by Crippen LogP contribution is 2.63. The summed E-state index contributed by atoms with van der Waals surface area (Å²) >= 11 is 1.45. The van der Waals surface area contributed by atoms with Crippen LogP contribution in [0.5, 0.6) is 0 Å². The van der Waals surface area contributed by atoms with Gasteiger partial charge in [0.05, 0.1) is 10.2 Å². The molecule has 0 amide bonds. The summed E-state index contributed by atoms with van der Waals surface area (Å²) in [5.74, 6) is 0.0864.